The Labute approximate surface area is 190 Å². The van der Waals surface area contributed by atoms with E-state index in [1.807, 2.05) is 32.0 Å². The minimum atomic E-state index is -0.951. The molecule has 0 bridgehead atoms. The molecule has 0 fully saturated rings. The van der Waals surface area contributed by atoms with Gasteiger partial charge in [0.2, 0.25) is 0 Å². The second-order valence-electron chi connectivity index (χ2n) is 7.87. The lowest BCUT2D eigenvalue weighted by Crippen LogP contribution is -2.16. The topological polar surface area (TPSA) is 110 Å². The second kappa shape index (κ2) is 9.28. The van der Waals surface area contributed by atoms with Crippen LogP contribution in [0.15, 0.2) is 47.3 Å². The van der Waals surface area contributed by atoms with Gasteiger partial charge in [-0.2, -0.15) is 0 Å². The largest absolute Gasteiger partial charge is 0.493 e. The maximum Gasteiger partial charge on any atom is 0.335 e. The van der Waals surface area contributed by atoms with Crippen LogP contribution in [0.5, 0.6) is 5.75 Å². The molecule has 170 valence electrons. The number of nitrogens with zero attached hydrogens (tertiary/aromatic N) is 3. The SMILES string of the molecule is CCCc1nc(C)c2c(=O)[nH]c(-c3cc(Cc4ccc(C(=O)O)cc4)ccc3OCC)nn12. The van der Waals surface area contributed by atoms with Gasteiger partial charge in [0.15, 0.2) is 11.3 Å². The zero-order valence-electron chi connectivity index (χ0n) is 18.9. The lowest BCUT2D eigenvalue weighted by atomic mass is 10.0. The molecule has 0 saturated carbocycles. The molecule has 0 atom stereocenters. The van der Waals surface area contributed by atoms with Gasteiger partial charge in [-0.1, -0.05) is 25.1 Å². The standard InChI is InChI=1S/C25H26N4O4/c1-4-6-21-26-15(3)22-24(30)27-23(28-29(21)22)19-14-17(9-12-20(19)33-5-2)13-16-7-10-18(11-8-16)25(31)32/h7-12,14H,4-6,13H2,1-3H3,(H,31,32)(H,27,28,30). The number of aromatic amines is 1. The summed E-state index contributed by atoms with van der Waals surface area (Å²) in [6, 6.07) is 12.6. The van der Waals surface area contributed by atoms with Gasteiger partial charge in [0.05, 0.1) is 23.4 Å². The van der Waals surface area contributed by atoms with E-state index in [9.17, 15) is 9.59 Å². The van der Waals surface area contributed by atoms with Gasteiger partial charge >= 0.3 is 5.97 Å². The zero-order chi connectivity index (χ0) is 23.5. The van der Waals surface area contributed by atoms with Crippen molar-refractivity contribution in [3.63, 3.8) is 0 Å². The van der Waals surface area contributed by atoms with E-state index in [0.717, 1.165) is 29.8 Å². The van der Waals surface area contributed by atoms with E-state index in [-0.39, 0.29) is 11.1 Å². The van der Waals surface area contributed by atoms with E-state index in [0.29, 0.717) is 41.4 Å². The normalized spacial score (nSPS) is 11.1. The first-order valence-electron chi connectivity index (χ1n) is 11.0. The summed E-state index contributed by atoms with van der Waals surface area (Å²) in [4.78, 5) is 31.4. The Morgan fingerprint density at radius 1 is 1.12 bits per heavy atom. The number of hydrogen-bond acceptors (Lipinski definition) is 5. The summed E-state index contributed by atoms with van der Waals surface area (Å²) in [6.07, 6.45) is 2.20. The Morgan fingerprint density at radius 2 is 1.85 bits per heavy atom. The van der Waals surface area contributed by atoms with E-state index in [1.165, 1.54) is 0 Å². The number of carboxylic acid groups (broad SMARTS) is 1. The Balaban J connectivity index is 1.78. The fraction of sp³-hybridized carbons (Fsp3) is 0.280. The molecule has 2 aromatic carbocycles. The molecule has 0 amide bonds. The van der Waals surface area contributed by atoms with Crippen molar-refractivity contribution >= 4 is 11.5 Å². The average Bonchev–Trinajstić information content (AvgIpc) is 3.11. The van der Waals surface area contributed by atoms with E-state index >= 15 is 0 Å². The molecule has 0 aliphatic carbocycles. The van der Waals surface area contributed by atoms with Gasteiger partial charge in [0, 0.05) is 6.42 Å². The monoisotopic (exact) mass is 446 g/mol. The predicted molar refractivity (Wildman–Crippen MR) is 125 cm³/mol. The number of ether oxygens (including phenoxy) is 1. The van der Waals surface area contributed by atoms with Crippen molar-refractivity contribution in [1.82, 2.24) is 19.6 Å². The molecule has 2 aromatic heterocycles. The van der Waals surface area contributed by atoms with Crippen LogP contribution in [-0.4, -0.2) is 37.3 Å². The van der Waals surface area contributed by atoms with E-state index in [2.05, 4.69) is 16.9 Å². The molecule has 0 saturated heterocycles. The highest BCUT2D eigenvalue weighted by atomic mass is 16.5. The van der Waals surface area contributed by atoms with Gasteiger partial charge in [-0.15, -0.1) is 5.10 Å². The summed E-state index contributed by atoms with van der Waals surface area (Å²) in [5, 5.41) is 13.8. The number of carboxylic acids is 1. The number of carbonyl (C=O) groups is 1. The zero-order valence-corrected chi connectivity index (χ0v) is 18.9. The van der Waals surface area contributed by atoms with Gasteiger partial charge in [-0.3, -0.25) is 4.79 Å². The summed E-state index contributed by atoms with van der Waals surface area (Å²) < 4.78 is 7.46. The summed E-state index contributed by atoms with van der Waals surface area (Å²) in [7, 11) is 0. The van der Waals surface area contributed by atoms with E-state index in [1.54, 1.807) is 28.8 Å². The summed E-state index contributed by atoms with van der Waals surface area (Å²) in [6.45, 7) is 6.25. The smallest absolute Gasteiger partial charge is 0.335 e. The number of aryl methyl sites for hydroxylation is 2. The second-order valence-corrected chi connectivity index (χ2v) is 7.87. The molecular formula is C25H26N4O4. The summed E-state index contributed by atoms with van der Waals surface area (Å²) in [5.74, 6) is 0.838. The minimum absolute atomic E-state index is 0.246. The van der Waals surface area contributed by atoms with Crippen LogP contribution in [0, 0.1) is 6.92 Å². The highest BCUT2D eigenvalue weighted by Crippen LogP contribution is 2.29. The first-order chi connectivity index (χ1) is 15.9. The van der Waals surface area contributed by atoms with Crippen LogP contribution in [0.4, 0.5) is 0 Å². The Bertz CT molecular complexity index is 1370. The predicted octanol–water partition coefficient (Wildman–Crippen LogP) is 4.03. The Morgan fingerprint density at radius 3 is 2.52 bits per heavy atom. The number of nitrogens with one attached hydrogen (secondary N) is 1. The van der Waals surface area contributed by atoms with Gasteiger partial charge in [-0.05, 0) is 62.1 Å². The highest BCUT2D eigenvalue weighted by Gasteiger charge is 2.17. The van der Waals surface area contributed by atoms with Crippen molar-refractivity contribution in [2.45, 2.75) is 40.0 Å². The molecule has 2 N–H and O–H groups in total. The minimum Gasteiger partial charge on any atom is -0.493 e. The molecule has 0 spiro atoms. The fourth-order valence-corrected chi connectivity index (χ4v) is 3.90. The molecule has 8 heteroatoms. The van der Waals surface area contributed by atoms with Crippen molar-refractivity contribution in [3.05, 3.63) is 81.0 Å². The maximum absolute atomic E-state index is 12.9. The van der Waals surface area contributed by atoms with Crippen molar-refractivity contribution in [2.75, 3.05) is 6.61 Å². The molecule has 0 aliphatic heterocycles. The van der Waals surface area contributed by atoms with Crippen molar-refractivity contribution < 1.29 is 14.6 Å². The first kappa shape index (κ1) is 22.3. The third-order valence-corrected chi connectivity index (χ3v) is 5.42. The van der Waals surface area contributed by atoms with Gasteiger partial charge in [0.25, 0.3) is 5.56 Å². The Hall–Kier alpha value is -3.94. The van der Waals surface area contributed by atoms with Crippen molar-refractivity contribution in [3.8, 4) is 17.1 Å². The van der Waals surface area contributed by atoms with Crippen LogP contribution in [0.1, 0.15) is 53.3 Å². The van der Waals surface area contributed by atoms with Crippen molar-refractivity contribution in [1.29, 1.82) is 0 Å². The van der Waals surface area contributed by atoms with Gasteiger partial charge in [-0.25, -0.2) is 14.3 Å². The number of imidazole rings is 1. The number of fused-ring (bicyclic) bond motifs is 1. The maximum atomic E-state index is 12.9. The quantitative estimate of drug-likeness (QED) is 0.423. The van der Waals surface area contributed by atoms with Crippen molar-refractivity contribution in [2.24, 2.45) is 0 Å². The molecule has 0 unspecified atom stereocenters. The van der Waals surface area contributed by atoms with Crippen LogP contribution in [-0.2, 0) is 12.8 Å². The first-order valence-corrected chi connectivity index (χ1v) is 11.0. The van der Waals surface area contributed by atoms with Crippen LogP contribution < -0.4 is 10.3 Å². The molecule has 2 heterocycles. The Kier molecular flexibility index (Phi) is 6.26. The lowest BCUT2D eigenvalue weighted by molar-refractivity contribution is 0.0697. The van der Waals surface area contributed by atoms with E-state index in [4.69, 9.17) is 14.9 Å². The number of aromatic nitrogens is 4. The number of aromatic carboxylic acids is 1. The lowest BCUT2D eigenvalue weighted by Gasteiger charge is -2.12. The molecule has 8 nitrogen and oxygen atoms in total. The molecule has 0 radical (unpaired) electrons. The molecule has 4 aromatic rings. The number of rotatable bonds is 8. The van der Waals surface area contributed by atoms with Crippen LogP contribution in [0.3, 0.4) is 0 Å². The third kappa shape index (κ3) is 4.50. The van der Waals surface area contributed by atoms with Gasteiger partial charge < -0.3 is 14.8 Å². The molecule has 0 aliphatic rings. The van der Waals surface area contributed by atoms with Crippen LogP contribution >= 0.6 is 0 Å². The fourth-order valence-electron chi connectivity index (χ4n) is 3.90. The summed E-state index contributed by atoms with van der Waals surface area (Å²) in [5.41, 5.74) is 3.75. The number of benzene rings is 2. The average molecular weight is 447 g/mol. The highest BCUT2D eigenvalue weighted by molar-refractivity contribution is 5.87. The molecular weight excluding hydrogens is 420 g/mol. The van der Waals surface area contributed by atoms with Crippen LogP contribution in [0.2, 0.25) is 0 Å². The molecule has 4 rings (SSSR count). The van der Waals surface area contributed by atoms with Gasteiger partial charge in [0.1, 0.15) is 11.6 Å². The molecule has 33 heavy (non-hydrogen) atoms. The number of H-pyrrole nitrogens is 1. The van der Waals surface area contributed by atoms with E-state index < -0.39 is 5.97 Å². The summed E-state index contributed by atoms with van der Waals surface area (Å²) >= 11 is 0. The van der Waals surface area contributed by atoms with Crippen LogP contribution in [0.25, 0.3) is 16.9 Å². The number of hydrogen-bond donors (Lipinski definition) is 2. The third-order valence-electron chi connectivity index (χ3n) is 5.42.